The van der Waals surface area contributed by atoms with Gasteiger partial charge in [0, 0.05) is 13.0 Å². The molecular formula is C46H81O9P. The molecule has 0 spiro atoms. The smallest absolute Gasteiger partial charge is 0.457 e. The Balaban J connectivity index is 4.28. The number of ether oxygens (including phenoxy) is 2. The highest BCUT2D eigenvalue weighted by molar-refractivity contribution is 7.47. The molecule has 9 nitrogen and oxygen atoms in total. The average Bonchev–Trinajstić information content (AvgIpc) is 3.19. The Labute approximate surface area is 342 Å². The molecule has 56 heavy (non-hydrogen) atoms. The van der Waals surface area contributed by atoms with E-state index in [9.17, 15) is 19.4 Å². The Morgan fingerprint density at radius 1 is 0.571 bits per heavy atom. The van der Waals surface area contributed by atoms with Gasteiger partial charge in [0.05, 0.1) is 26.4 Å². The fourth-order valence-corrected chi connectivity index (χ4v) is 6.40. The van der Waals surface area contributed by atoms with Gasteiger partial charge >= 0.3 is 13.8 Å². The van der Waals surface area contributed by atoms with Gasteiger partial charge in [-0.1, -0.05) is 177 Å². The van der Waals surface area contributed by atoms with Crippen molar-refractivity contribution < 1.29 is 43.0 Å². The standard InChI is InChI=1S/C46H81O9P/c1-3-5-7-9-11-13-15-17-19-20-21-22-23-25-27-29-31-33-35-37-39-52-42-45(43-54-56(50,51)53-41-44(48)40-47)55-46(49)38-36-34-32-30-28-26-24-18-16-14-12-10-8-6-4-2/h5,7,11,13,17,19,21-22,25,27,31,33,44-45,47-48H,3-4,6,8-10,12,14-16,18,20,23-24,26,28-30,32,34-43H2,1-2H3,(H,50,51)/b7-5-,13-11-,19-17-,22-21-,27-25-,33-31-. The fraction of sp³-hybridized carbons (Fsp3) is 0.717. The zero-order valence-corrected chi connectivity index (χ0v) is 36.2. The normalized spacial score (nSPS) is 14.7. The highest BCUT2D eigenvalue weighted by Crippen LogP contribution is 2.43. The van der Waals surface area contributed by atoms with E-state index in [2.05, 4.69) is 86.8 Å². The first kappa shape index (κ1) is 53.9. The van der Waals surface area contributed by atoms with Gasteiger partial charge in [-0.05, 0) is 57.8 Å². The lowest BCUT2D eigenvalue weighted by atomic mass is 10.0. The van der Waals surface area contributed by atoms with E-state index in [-0.39, 0.29) is 13.0 Å². The van der Waals surface area contributed by atoms with Gasteiger partial charge in [-0.25, -0.2) is 4.57 Å². The molecule has 0 aromatic carbocycles. The molecule has 0 aliphatic rings. The summed E-state index contributed by atoms with van der Waals surface area (Å²) in [6, 6.07) is 0. The van der Waals surface area contributed by atoms with Crippen LogP contribution in [0.15, 0.2) is 72.9 Å². The van der Waals surface area contributed by atoms with Crippen LogP contribution in [0.2, 0.25) is 0 Å². The number of aliphatic hydroxyl groups is 2. The van der Waals surface area contributed by atoms with Crippen LogP contribution in [0.4, 0.5) is 0 Å². The molecule has 0 heterocycles. The molecular weight excluding hydrogens is 727 g/mol. The molecule has 0 rings (SSSR count). The minimum absolute atomic E-state index is 0.00755. The van der Waals surface area contributed by atoms with Crippen molar-refractivity contribution in [1.82, 2.24) is 0 Å². The van der Waals surface area contributed by atoms with Gasteiger partial charge in [0.1, 0.15) is 12.2 Å². The lowest BCUT2D eigenvalue weighted by Gasteiger charge is -2.20. The molecule has 0 aromatic heterocycles. The van der Waals surface area contributed by atoms with E-state index in [0.717, 1.165) is 70.6 Å². The van der Waals surface area contributed by atoms with Gasteiger partial charge in [-0.15, -0.1) is 0 Å². The number of rotatable bonds is 41. The first-order valence-corrected chi connectivity index (χ1v) is 23.4. The molecule has 0 aliphatic carbocycles. The number of allylic oxidation sites excluding steroid dienone is 12. The van der Waals surface area contributed by atoms with E-state index in [4.69, 9.17) is 23.6 Å². The molecule has 324 valence electrons. The summed E-state index contributed by atoms with van der Waals surface area (Å²) in [7, 11) is -4.54. The van der Waals surface area contributed by atoms with Crippen LogP contribution in [0.1, 0.15) is 168 Å². The Morgan fingerprint density at radius 3 is 1.46 bits per heavy atom. The van der Waals surface area contributed by atoms with Crippen LogP contribution in [0, 0.1) is 0 Å². The maximum absolute atomic E-state index is 12.6. The molecule has 0 fully saturated rings. The van der Waals surface area contributed by atoms with Crippen LogP contribution in [-0.2, 0) is 27.9 Å². The van der Waals surface area contributed by atoms with Crippen LogP contribution >= 0.6 is 7.82 Å². The van der Waals surface area contributed by atoms with Crippen molar-refractivity contribution in [3.63, 3.8) is 0 Å². The summed E-state index contributed by atoms with van der Waals surface area (Å²) in [5, 5.41) is 18.3. The van der Waals surface area contributed by atoms with E-state index >= 15 is 0 Å². The van der Waals surface area contributed by atoms with Gasteiger partial charge < -0.3 is 24.6 Å². The first-order valence-electron chi connectivity index (χ1n) is 21.9. The number of carbonyl (C=O) groups excluding carboxylic acids is 1. The van der Waals surface area contributed by atoms with Crippen LogP contribution in [0.25, 0.3) is 0 Å². The SMILES string of the molecule is CC/C=C\C/C=C\C/C=C\C/C=C\C/C=C\C/C=C\CCCOCC(COP(=O)(O)OCC(O)CO)OC(=O)CCCCCCCCCCCCCCCCC. The van der Waals surface area contributed by atoms with Crippen molar-refractivity contribution >= 4 is 13.8 Å². The number of phosphoric ester groups is 1. The summed E-state index contributed by atoms with van der Waals surface area (Å²) >= 11 is 0. The summed E-state index contributed by atoms with van der Waals surface area (Å²) in [5.41, 5.74) is 0. The molecule has 0 aromatic rings. The summed E-state index contributed by atoms with van der Waals surface area (Å²) < 4.78 is 33.3. The van der Waals surface area contributed by atoms with Crippen molar-refractivity contribution in [3.05, 3.63) is 72.9 Å². The number of unbranched alkanes of at least 4 members (excludes halogenated alkanes) is 15. The number of esters is 1. The number of phosphoric acid groups is 1. The molecule has 3 N–H and O–H groups in total. The van der Waals surface area contributed by atoms with Crippen LogP contribution in [0.3, 0.4) is 0 Å². The summed E-state index contributed by atoms with van der Waals surface area (Å²) in [6.45, 7) is 3.24. The summed E-state index contributed by atoms with van der Waals surface area (Å²) in [4.78, 5) is 22.6. The zero-order chi connectivity index (χ0) is 41.1. The lowest BCUT2D eigenvalue weighted by Crippen LogP contribution is -2.29. The average molecular weight is 809 g/mol. The van der Waals surface area contributed by atoms with Gasteiger partial charge in [0.25, 0.3) is 0 Å². The number of aliphatic hydroxyl groups excluding tert-OH is 2. The first-order chi connectivity index (χ1) is 27.3. The van der Waals surface area contributed by atoms with Gasteiger partial charge in [0.15, 0.2) is 0 Å². The third-order valence-corrected chi connectivity index (χ3v) is 9.86. The van der Waals surface area contributed by atoms with Crippen LogP contribution in [-0.4, -0.2) is 66.3 Å². The lowest BCUT2D eigenvalue weighted by molar-refractivity contribution is -0.154. The second kappa shape index (κ2) is 42.5. The molecule has 0 saturated heterocycles. The van der Waals surface area contributed by atoms with Crippen molar-refractivity contribution in [2.75, 3.05) is 33.0 Å². The topological polar surface area (TPSA) is 132 Å². The molecule has 0 aliphatic heterocycles. The number of hydrogen-bond donors (Lipinski definition) is 3. The van der Waals surface area contributed by atoms with E-state index in [1.54, 1.807) is 0 Å². The third-order valence-electron chi connectivity index (χ3n) is 8.91. The van der Waals surface area contributed by atoms with E-state index in [0.29, 0.717) is 6.61 Å². The number of carbonyl (C=O) groups is 1. The minimum Gasteiger partial charge on any atom is -0.457 e. The van der Waals surface area contributed by atoms with Gasteiger partial charge in [-0.2, -0.15) is 0 Å². The second-order valence-corrected chi connectivity index (χ2v) is 15.8. The number of hydrogen-bond acceptors (Lipinski definition) is 8. The van der Waals surface area contributed by atoms with E-state index in [1.807, 2.05) is 0 Å². The van der Waals surface area contributed by atoms with Crippen LogP contribution in [0.5, 0.6) is 0 Å². The van der Waals surface area contributed by atoms with Crippen LogP contribution < -0.4 is 0 Å². The second-order valence-electron chi connectivity index (χ2n) is 14.3. The molecule has 0 saturated carbocycles. The van der Waals surface area contributed by atoms with E-state index < -0.39 is 45.8 Å². The summed E-state index contributed by atoms with van der Waals surface area (Å²) in [6.07, 6.45) is 50.1. The largest absolute Gasteiger partial charge is 0.472 e. The Kier molecular flexibility index (Phi) is 40.9. The Bertz CT molecular complexity index is 1100. The zero-order valence-electron chi connectivity index (χ0n) is 35.3. The molecule has 0 amide bonds. The maximum atomic E-state index is 12.6. The van der Waals surface area contributed by atoms with Gasteiger partial charge in [0.2, 0.25) is 0 Å². The van der Waals surface area contributed by atoms with Crippen molar-refractivity contribution in [1.29, 1.82) is 0 Å². The Morgan fingerprint density at radius 2 is 1.00 bits per heavy atom. The quantitative estimate of drug-likeness (QED) is 0.0239. The fourth-order valence-electron chi connectivity index (χ4n) is 5.61. The molecule has 3 atom stereocenters. The molecule has 0 bridgehead atoms. The van der Waals surface area contributed by atoms with Crippen molar-refractivity contribution in [2.24, 2.45) is 0 Å². The van der Waals surface area contributed by atoms with Crippen molar-refractivity contribution in [3.8, 4) is 0 Å². The molecule has 0 radical (unpaired) electrons. The maximum Gasteiger partial charge on any atom is 0.472 e. The highest BCUT2D eigenvalue weighted by atomic mass is 31.2. The third kappa shape index (κ3) is 41.5. The predicted octanol–water partition coefficient (Wildman–Crippen LogP) is 12.1. The predicted molar refractivity (Wildman–Crippen MR) is 233 cm³/mol. The Hall–Kier alpha value is -2.10. The highest BCUT2D eigenvalue weighted by Gasteiger charge is 2.26. The van der Waals surface area contributed by atoms with Crippen molar-refractivity contribution in [2.45, 2.75) is 180 Å². The monoisotopic (exact) mass is 809 g/mol. The van der Waals surface area contributed by atoms with E-state index in [1.165, 1.54) is 77.0 Å². The molecule has 3 unspecified atom stereocenters. The minimum atomic E-state index is -4.54. The summed E-state index contributed by atoms with van der Waals surface area (Å²) in [5.74, 6) is -0.403. The van der Waals surface area contributed by atoms with Gasteiger partial charge in [-0.3, -0.25) is 13.8 Å². The molecule has 10 heteroatoms.